The molecule has 1 saturated heterocycles. The minimum absolute atomic E-state index is 0.00416. The maximum absolute atomic E-state index is 14.1. The van der Waals surface area contributed by atoms with Crippen LogP contribution in [0, 0.1) is 29.6 Å². The first kappa shape index (κ1) is 85.2. The van der Waals surface area contributed by atoms with Crippen molar-refractivity contribution in [2.24, 2.45) is 51.8 Å². The highest BCUT2D eigenvalue weighted by Crippen LogP contribution is 2.21. The maximum atomic E-state index is 14.1. The van der Waals surface area contributed by atoms with Crippen LogP contribution in [-0.4, -0.2) is 242 Å². The summed E-state index contributed by atoms with van der Waals surface area (Å²) < 4.78 is 0. The van der Waals surface area contributed by atoms with Crippen LogP contribution in [0.2, 0.25) is 0 Å². The van der Waals surface area contributed by atoms with Crippen LogP contribution in [0.5, 0.6) is 0 Å². The Hall–Kier alpha value is -7.86. The van der Waals surface area contributed by atoms with Gasteiger partial charge in [-0.25, -0.2) is 4.79 Å². The van der Waals surface area contributed by atoms with Crippen molar-refractivity contribution in [1.82, 2.24) is 63.4 Å². The van der Waals surface area contributed by atoms with E-state index >= 15 is 0 Å². The first-order valence-electron chi connectivity index (χ1n) is 32.0. The van der Waals surface area contributed by atoms with E-state index in [-0.39, 0.29) is 75.3 Å². The third kappa shape index (κ3) is 28.9. The number of hydrogen-bond acceptors (Lipinski definition) is 20. The van der Waals surface area contributed by atoms with E-state index in [1.807, 2.05) is 0 Å². The summed E-state index contributed by atoms with van der Waals surface area (Å²) in [6.07, 6.45) is -4.40. The lowest BCUT2D eigenvalue weighted by molar-refractivity contribution is -0.143. The highest BCUT2D eigenvalue weighted by molar-refractivity contribution is 6.00. The lowest BCUT2D eigenvalue weighted by Gasteiger charge is -2.32. The minimum Gasteiger partial charge on any atom is -0.480 e. The standard InChI is InChI=1S/C60H108N16O19/c1-26(2)21-36(49(84)72-43(29(7)8)55(90)68-37(22-27(3)4)50(85)75-45(33(13)80)56(91)69-38(59(94)95)23-28(5)6)67-52(87)40(25-78)71-57(92)46(34(14)81)74-48(83)35(17-15-19-64-60(62)63)66-51(86)39(24-77)70-53(88)41-18-16-20-76(41)58(93)44(30(9)10)73-47(82)31(11)65-54(89)42(61)32(12)79/h26-46,77-81H,15-25,61H2,1-14H3,(H,65,89)(H,66,86)(H,67,87)(H,68,90)(H,69,91)(H,70,88)(H,71,92)(H,72,84)(H,73,82)(H,74,83)(H,75,85)(H,94,95)(H4,62,63,64)/t31-,32+,33+,34+,35-,36-,37-,38-,39-,40-,41-,42-,43-,44-,45-,46-/m0/s1. The number of carboxylic acids is 1. The number of nitrogens with two attached hydrogens (primary N) is 3. The number of aliphatic imine (C=N–C) groups is 1. The zero-order valence-corrected chi connectivity index (χ0v) is 57.0. The first-order valence-corrected chi connectivity index (χ1v) is 32.0. The minimum atomic E-state index is -1.92. The van der Waals surface area contributed by atoms with E-state index in [1.54, 1.807) is 69.2 Å². The fraction of sp³-hybridized carbons (Fsp3) is 0.767. The Bertz CT molecular complexity index is 2640. The number of aliphatic hydroxyl groups excluding tert-OH is 5. The number of hydrogen-bond donors (Lipinski definition) is 20. The summed E-state index contributed by atoms with van der Waals surface area (Å²) in [4.78, 5) is 182. The van der Waals surface area contributed by atoms with Gasteiger partial charge in [0.1, 0.15) is 78.5 Å². The van der Waals surface area contributed by atoms with Crippen LogP contribution in [0.15, 0.2) is 4.99 Å². The van der Waals surface area contributed by atoms with Gasteiger partial charge in [0.05, 0.1) is 31.5 Å². The predicted octanol–water partition coefficient (Wildman–Crippen LogP) is -6.63. The Morgan fingerprint density at radius 1 is 0.453 bits per heavy atom. The topological polar surface area (TPSA) is 569 Å². The van der Waals surface area contributed by atoms with Gasteiger partial charge in [0.15, 0.2) is 5.96 Å². The molecule has 1 aliphatic heterocycles. The fourth-order valence-corrected chi connectivity index (χ4v) is 9.83. The van der Waals surface area contributed by atoms with Crippen LogP contribution in [0.3, 0.4) is 0 Å². The van der Waals surface area contributed by atoms with E-state index in [2.05, 4.69) is 63.5 Å². The Labute approximate surface area is 554 Å². The van der Waals surface area contributed by atoms with Gasteiger partial charge < -0.3 is 111 Å². The molecule has 0 aliphatic carbocycles. The molecule has 0 spiro atoms. The molecule has 16 atom stereocenters. The predicted molar refractivity (Wildman–Crippen MR) is 344 cm³/mol. The summed E-state index contributed by atoms with van der Waals surface area (Å²) in [5.41, 5.74) is 16.6. The van der Waals surface area contributed by atoms with Crippen LogP contribution in [0.4, 0.5) is 0 Å². The number of carbonyl (C=O) groups excluding carboxylic acids is 12. The van der Waals surface area contributed by atoms with Gasteiger partial charge in [-0.05, 0) is 102 Å². The monoisotopic (exact) mass is 1360 g/mol. The summed E-state index contributed by atoms with van der Waals surface area (Å²) >= 11 is 0. The molecule has 35 heteroatoms. The quantitative estimate of drug-likeness (QED) is 0.0154. The molecular formula is C60H108N16O19. The zero-order chi connectivity index (χ0) is 73.0. The third-order valence-corrected chi connectivity index (χ3v) is 15.2. The van der Waals surface area contributed by atoms with Gasteiger partial charge in [-0.3, -0.25) is 62.5 Å². The molecule has 1 fully saturated rings. The number of carbonyl (C=O) groups is 13. The van der Waals surface area contributed by atoms with Gasteiger partial charge in [-0.2, -0.15) is 0 Å². The SMILES string of the molecule is CC(C)C[C@H](NC(=O)[C@@H](NC(=O)[C@H](CC(C)C)NC(=O)[C@@H](NC(=O)[C@H](CC(C)C)NC(=O)[C@H](CO)NC(=O)[C@@H](NC(=O)[C@H](CCCN=C(N)N)NC(=O)[C@H](CO)NC(=O)[C@@H]1CCCN1C(=O)[C@@H](NC(=O)[C@H](C)NC(=O)[C@@H](N)[C@@H](C)O)C(C)C)[C@@H](C)O)C(C)C)[C@@H](C)O)C(=O)O. The van der Waals surface area contributed by atoms with Gasteiger partial charge in [0.2, 0.25) is 70.9 Å². The molecule has 1 rings (SSSR count). The second-order valence-corrected chi connectivity index (χ2v) is 26.0. The van der Waals surface area contributed by atoms with Crippen molar-refractivity contribution in [2.45, 2.75) is 239 Å². The van der Waals surface area contributed by atoms with Crippen molar-refractivity contribution < 1.29 is 93.0 Å². The molecule has 1 aliphatic rings. The van der Waals surface area contributed by atoms with E-state index < -0.39 is 199 Å². The summed E-state index contributed by atoms with van der Waals surface area (Å²) in [6.45, 7) is 19.5. The number of likely N-dealkylation sites (tertiary alicyclic amines) is 1. The van der Waals surface area contributed by atoms with Gasteiger partial charge >= 0.3 is 5.97 Å². The second kappa shape index (κ2) is 41.2. The molecule has 0 aromatic heterocycles. The van der Waals surface area contributed by atoms with Gasteiger partial charge in [-0.15, -0.1) is 0 Å². The van der Waals surface area contributed by atoms with Gasteiger partial charge in [0, 0.05) is 13.1 Å². The maximum Gasteiger partial charge on any atom is 0.326 e. The first-order chi connectivity index (χ1) is 44.1. The number of amides is 12. The van der Waals surface area contributed by atoms with Crippen molar-refractivity contribution in [2.75, 3.05) is 26.3 Å². The lowest BCUT2D eigenvalue weighted by atomic mass is 9.98. The van der Waals surface area contributed by atoms with Gasteiger partial charge in [-0.1, -0.05) is 69.2 Å². The van der Waals surface area contributed by atoms with E-state index in [4.69, 9.17) is 17.2 Å². The average molecular weight is 1360 g/mol. The van der Waals surface area contributed by atoms with Crippen molar-refractivity contribution in [3.8, 4) is 0 Å². The molecule has 0 saturated carbocycles. The normalized spacial score (nSPS) is 17.9. The van der Waals surface area contributed by atoms with E-state index in [1.165, 1.54) is 25.7 Å². The summed E-state index contributed by atoms with van der Waals surface area (Å²) in [5, 5.41) is 88.4. The molecule has 12 amide bonds. The molecule has 542 valence electrons. The van der Waals surface area contributed by atoms with Crippen LogP contribution < -0.4 is 75.7 Å². The largest absolute Gasteiger partial charge is 0.480 e. The molecule has 23 N–H and O–H groups in total. The second-order valence-electron chi connectivity index (χ2n) is 26.0. The lowest BCUT2D eigenvalue weighted by Crippen LogP contribution is -2.63. The summed E-state index contributed by atoms with van der Waals surface area (Å²) in [7, 11) is 0. The highest BCUT2D eigenvalue weighted by Gasteiger charge is 2.42. The number of rotatable bonds is 41. The fourth-order valence-electron chi connectivity index (χ4n) is 9.83. The van der Waals surface area contributed by atoms with Crippen molar-refractivity contribution in [1.29, 1.82) is 0 Å². The number of nitrogens with zero attached hydrogens (tertiary/aromatic N) is 2. The van der Waals surface area contributed by atoms with E-state index in [0.717, 1.165) is 6.92 Å². The number of carboxylic acid groups (broad SMARTS) is 1. The number of nitrogens with one attached hydrogen (secondary N) is 11. The molecule has 0 bridgehead atoms. The molecule has 1 heterocycles. The number of guanidine groups is 1. The molecule has 0 aromatic carbocycles. The molecular weight excluding hydrogens is 1250 g/mol. The number of aliphatic hydroxyl groups is 5. The highest BCUT2D eigenvalue weighted by atomic mass is 16.4. The summed E-state index contributed by atoms with van der Waals surface area (Å²) in [6, 6.07) is -19.3. The Morgan fingerprint density at radius 3 is 1.25 bits per heavy atom. The zero-order valence-electron chi connectivity index (χ0n) is 57.0. The Morgan fingerprint density at radius 2 is 0.832 bits per heavy atom. The van der Waals surface area contributed by atoms with Crippen molar-refractivity contribution in [3.63, 3.8) is 0 Å². The van der Waals surface area contributed by atoms with Crippen LogP contribution in [0.25, 0.3) is 0 Å². The average Bonchev–Trinajstić information content (AvgIpc) is 1.77. The smallest absolute Gasteiger partial charge is 0.326 e. The molecule has 0 radical (unpaired) electrons. The van der Waals surface area contributed by atoms with Crippen LogP contribution in [-0.2, 0) is 62.3 Å². The van der Waals surface area contributed by atoms with Crippen molar-refractivity contribution in [3.05, 3.63) is 0 Å². The molecule has 95 heavy (non-hydrogen) atoms. The molecule has 0 unspecified atom stereocenters. The Kier molecular flexibility index (Phi) is 36.9. The van der Waals surface area contributed by atoms with Crippen LogP contribution >= 0.6 is 0 Å². The van der Waals surface area contributed by atoms with E-state index in [9.17, 15) is 93.0 Å². The van der Waals surface area contributed by atoms with Gasteiger partial charge in [0.25, 0.3) is 0 Å². The molecule has 0 aromatic rings. The number of aliphatic carboxylic acids is 1. The van der Waals surface area contributed by atoms with E-state index in [0.29, 0.717) is 6.42 Å². The Balaban J connectivity index is 3.40. The summed E-state index contributed by atoms with van der Waals surface area (Å²) in [5.74, 6) is -15.1. The third-order valence-electron chi connectivity index (χ3n) is 15.2. The van der Waals surface area contributed by atoms with Crippen molar-refractivity contribution >= 4 is 82.8 Å². The van der Waals surface area contributed by atoms with Crippen LogP contribution in [0.1, 0.15) is 142 Å². The molecule has 35 nitrogen and oxygen atoms in total.